The normalized spacial score (nSPS) is 13.4. The zero-order chi connectivity index (χ0) is 20.2. The molecule has 0 radical (unpaired) electrons. The zero-order valence-electron chi connectivity index (χ0n) is 17.1. The quantitative estimate of drug-likeness (QED) is 0.693. The summed E-state index contributed by atoms with van der Waals surface area (Å²) in [5.74, 6) is 1.87. The van der Waals surface area contributed by atoms with Crippen LogP contribution in [0.5, 0.6) is 0 Å². The molecule has 1 aliphatic heterocycles. The second-order valence-corrected chi connectivity index (χ2v) is 7.66. The molecule has 1 aromatic heterocycles. The third kappa shape index (κ3) is 4.31. The highest BCUT2D eigenvalue weighted by Gasteiger charge is 2.22. The van der Waals surface area contributed by atoms with Crippen LogP contribution in [0, 0.1) is 13.8 Å². The number of aromatic nitrogens is 3. The monoisotopic (exact) mass is 389 g/mol. The molecule has 0 aliphatic carbocycles. The average Bonchev–Trinajstić information content (AvgIpc) is 2.93. The van der Waals surface area contributed by atoms with Gasteiger partial charge in [-0.2, -0.15) is 0 Å². The predicted octanol–water partition coefficient (Wildman–Crippen LogP) is 4.86. The molecule has 0 bridgehead atoms. The number of aryl methyl sites for hydroxylation is 3. The lowest BCUT2D eigenvalue weighted by molar-refractivity contribution is 0.256. The van der Waals surface area contributed by atoms with E-state index in [2.05, 4.69) is 20.1 Å². The number of hydrogen-bond donors (Lipinski definition) is 1. The first-order valence-corrected chi connectivity index (χ1v) is 10.2. The number of nitrogens with zero attached hydrogens (tertiary/aromatic N) is 4. The van der Waals surface area contributed by atoms with Crippen molar-refractivity contribution in [2.24, 2.45) is 0 Å². The Bertz CT molecular complexity index is 1010. The van der Waals surface area contributed by atoms with Gasteiger partial charge >= 0.3 is 6.03 Å². The Kier molecular flexibility index (Phi) is 5.60. The van der Waals surface area contributed by atoms with E-state index in [0.29, 0.717) is 6.54 Å². The standard InChI is InChI=1S/C23H27N5O/c1-17-9-8-11-19(15-17)28(23(29)24-20-12-6-5-10-18(20)2)16-22-26-25-21-13-4-3-7-14-27(21)22/h5-6,8-12,15H,3-4,7,13-14,16H2,1-2H3,(H,24,29). The van der Waals surface area contributed by atoms with Gasteiger partial charge in [0, 0.05) is 24.3 Å². The molecule has 0 saturated carbocycles. The first-order valence-electron chi connectivity index (χ1n) is 10.2. The molecule has 6 heteroatoms. The van der Waals surface area contributed by atoms with Crippen LogP contribution in [0.2, 0.25) is 0 Å². The molecule has 0 unspecified atom stereocenters. The Balaban J connectivity index is 1.65. The number of urea groups is 1. The second-order valence-electron chi connectivity index (χ2n) is 7.66. The van der Waals surface area contributed by atoms with Gasteiger partial charge in [0.1, 0.15) is 5.82 Å². The van der Waals surface area contributed by atoms with E-state index < -0.39 is 0 Å². The number of anilines is 2. The summed E-state index contributed by atoms with van der Waals surface area (Å²) >= 11 is 0. The van der Waals surface area contributed by atoms with Crippen LogP contribution in [0.25, 0.3) is 0 Å². The van der Waals surface area contributed by atoms with Crippen molar-refractivity contribution in [2.75, 3.05) is 10.2 Å². The molecule has 4 rings (SSSR count). The van der Waals surface area contributed by atoms with Gasteiger partial charge in [-0.3, -0.25) is 4.90 Å². The van der Waals surface area contributed by atoms with E-state index in [1.165, 1.54) is 6.42 Å². The minimum Gasteiger partial charge on any atom is -0.313 e. The molecule has 0 atom stereocenters. The molecule has 2 aromatic carbocycles. The lowest BCUT2D eigenvalue weighted by atomic mass is 10.2. The lowest BCUT2D eigenvalue weighted by Gasteiger charge is -2.24. The topological polar surface area (TPSA) is 63.1 Å². The van der Waals surface area contributed by atoms with Gasteiger partial charge in [-0.25, -0.2) is 4.79 Å². The van der Waals surface area contributed by atoms with Crippen molar-refractivity contribution >= 4 is 17.4 Å². The molecule has 150 valence electrons. The Hall–Kier alpha value is -3.15. The van der Waals surface area contributed by atoms with E-state index in [9.17, 15) is 4.79 Å². The van der Waals surface area contributed by atoms with Crippen molar-refractivity contribution < 1.29 is 4.79 Å². The van der Waals surface area contributed by atoms with Crippen molar-refractivity contribution in [1.29, 1.82) is 0 Å². The lowest BCUT2D eigenvalue weighted by Crippen LogP contribution is -2.35. The Morgan fingerprint density at radius 3 is 2.76 bits per heavy atom. The molecular weight excluding hydrogens is 362 g/mol. The number of carbonyl (C=O) groups excluding carboxylic acids is 1. The first kappa shape index (κ1) is 19.2. The Morgan fingerprint density at radius 2 is 1.93 bits per heavy atom. The molecule has 1 aliphatic rings. The fourth-order valence-electron chi connectivity index (χ4n) is 3.78. The van der Waals surface area contributed by atoms with Crippen molar-refractivity contribution in [1.82, 2.24) is 14.8 Å². The summed E-state index contributed by atoms with van der Waals surface area (Å²) in [6.45, 7) is 5.32. The second kappa shape index (κ2) is 8.47. The minimum atomic E-state index is -0.170. The van der Waals surface area contributed by atoms with E-state index in [4.69, 9.17) is 0 Å². The van der Waals surface area contributed by atoms with Crippen molar-refractivity contribution in [2.45, 2.75) is 52.6 Å². The maximum atomic E-state index is 13.3. The maximum Gasteiger partial charge on any atom is 0.326 e. The molecular formula is C23H27N5O. The van der Waals surface area contributed by atoms with Crippen LogP contribution in [0.3, 0.4) is 0 Å². The Labute approximate surface area is 171 Å². The third-order valence-electron chi connectivity index (χ3n) is 5.43. The zero-order valence-corrected chi connectivity index (χ0v) is 17.1. The molecule has 29 heavy (non-hydrogen) atoms. The van der Waals surface area contributed by atoms with Gasteiger partial charge in [0.25, 0.3) is 0 Å². The average molecular weight is 390 g/mol. The van der Waals surface area contributed by atoms with Crippen LogP contribution in [0.15, 0.2) is 48.5 Å². The highest BCUT2D eigenvalue weighted by Crippen LogP contribution is 2.23. The molecule has 0 spiro atoms. The fourth-order valence-corrected chi connectivity index (χ4v) is 3.78. The van der Waals surface area contributed by atoms with E-state index in [-0.39, 0.29) is 6.03 Å². The maximum absolute atomic E-state index is 13.3. The summed E-state index contributed by atoms with van der Waals surface area (Å²) in [6.07, 6.45) is 4.43. The van der Waals surface area contributed by atoms with E-state index >= 15 is 0 Å². The number of rotatable bonds is 4. The summed E-state index contributed by atoms with van der Waals surface area (Å²) in [7, 11) is 0. The SMILES string of the molecule is Cc1cccc(N(Cc2nnc3n2CCCCC3)C(=O)Nc2ccccc2C)c1. The summed E-state index contributed by atoms with van der Waals surface area (Å²) in [4.78, 5) is 15.0. The number of hydrogen-bond acceptors (Lipinski definition) is 3. The molecule has 1 N–H and O–H groups in total. The van der Waals surface area contributed by atoms with Crippen LogP contribution in [0.4, 0.5) is 16.2 Å². The number of fused-ring (bicyclic) bond motifs is 1. The van der Waals surface area contributed by atoms with Gasteiger partial charge in [-0.15, -0.1) is 10.2 Å². The molecule has 2 heterocycles. The molecule has 3 aromatic rings. The van der Waals surface area contributed by atoms with Gasteiger partial charge in [0.15, 0.2) is 5.82 Å². The number of carbonyl (C=O) groups is 1. The fraction of sp³-hybridized carbons (Fsp3) is 0.348. The number of para-hydroxylation sites is 1. The van der Waals surface area contributed by atoms with Crippen LogP contribution < -0.4 is 10.2 Å². The number of amides is 2. The summed E-state index contributed by atoms with van der Waals surface area (Å²) in [6, 6.07) is 15.6. The van der Waals surface area contributed by atoms with Crippen LogP contribution in [-0.4, -0.2) is 20.8 Å². The van der Waals surface area contributed by atoms with Gasteiger partial charge in [-0.1, -0.05) is 36.8 Å². The third-order valence-corrected chi connectivity index (χ3v) is 5.43. The number of nitrogens with one attached hydrogen (secondary N) is 1. The van der Waals surface area contributed by atoms with Crippen LogP contribution in [-0.2, 0) is 19.5 Å². The molecule has 6 nitrogen and oxygen atoms in total. The molecule has 0 fully saturated rings. The van der Waals surface area contributed by atoms with Gasteiger partial charge in [0.2, 0.25) is 0 Å². The minimum absolute atomic E-state index is 0.170. The van der Waals surface area contributed by atoms with Crippen molar-refractivity contribution in [3.05, 3.63) is 71.3 Å². The van der Waals surface area contributed by atoms with E-state index in [1.807, 2.05) is 62.4 Å². The van der Waals surface area contributed by atoms with E-state index in [0.717, 1.165) is 60.0 Å². The van der Waals surface area contributed by atoms with Crippen molar-refractivity contribution in [3.63, 3.8) is 0 Å². The highest BCUT2D eigenvalue weighted by molar-refractivity contribution is 6.02. The van der Waals surface area contributed by atoms with Crippen molar-refractivity contribution in [3.8, 4) is 0 Å². The van der Waals surface area contributed by atoms with Crippen LogP contribution >= 0.6 is 0 Å². The summed E-state index contributed by atoms with van der Waals surface area (Å²) < 4.78 is 2.19. The Morgan fingerprint density at radius 1 is 1.07 bits per heavy atom. The molecule has 0 saturated heterocycles. The van der Waals surface area contributed by atoms with Crippen LogP contribution in [0.1, 0.15) is 42.0 Å². The predicted molar refractivity (Wildman–Crippen MR) is 115 cm³/mol. The number of benzene rings is 2. The van der Waals surface area contributed by atoms with Gasteiger partial charge < -0.3 is 9.88 Å². The summed E-state index contributed by atoms with van der Waals surface area (Å²) in [5, 5.41) is 11.9. The van der Waals surface area contributed by atoms with Gasteiger partial charge in [-0.05, 0) is 56.0 Å². The van der Waals surface area contributed by atoms with Gasteiger partial charge in [0.05, 0.1) is 6.54 Å². The summed E-state index contributed by atoms with van der Waals surface area (Å²) in [5.41, 5.74) is 3.80. The van der Waals surface area contributed by atoms with E-state index in [1.54, 1.807) is 4.90 Å². The highest BCUT2D eigenvalue weighted by atomic mass is 16.2. The smallest absolute Gasteiger partial charge is 0.313 e. The molecule has 2 amide bonds. The first-order chi connectivity index (χ1) is 14.1. The largest absolute Gasteiger partial charge is 0.326 e.